The number of urea groups is 1. The number of hydrogen-bond donors (Lipinski definition) is 4. The van der Waals surface area contributed by atoms with E-state index in [9.17, 15) is 9.59 Å². The number of alkyl carbamates (subject to hydrolysis) is 1. The molecule has 5 rings (SSSR count). The van der Waals surface area contributed by atoms with Crippen molar-refractivity contribution in [3.05, 3.63) is 54.2 Å². The van der Waals surface area contributed by atoms with Gasteiger partial charge in [0.05, 0.1) is 37.1 Å². The van der Waals surface area contributed by atoms with Crippen molar-refractivity contribution in [1.82, 2.24) is 30.4 Å². The molecule has 0 saturated carbocycles. The molecular formula is C26H29N7O5. The molecule has 3 heterocycles. The second-order valence-electron chi connectivity index (χ2n) is 8.87. The Bertz CT molecular complexity index is 1370. The molecule has 4 aromatic rings. The fourth-order valence-electron chi connectivity index (χ4n) is 4.37. The number of benzene rings is 2. The summed E-state index contributed by atoms with van der Waals surface area (Å²) < 4.78 is 16.0. The van der Waals surface area contributed by atoms with E-state index < -0.39 is 6.09 Å². The summed E-state index contributed by atoms with van der Waals surface area (Å²) in [5.74, 6) is 1.66. The number of nitrogens with one attached hydrogen (secondary N) is 4. The van der Waals surface area contributed by atoms with Crippen LogP contribution in [0.4, 0.5) is 15.3 Å². The van der Waals surface area contributed by atoms with Gasteiger partial charge in [0.1, 0.15) is 12.3 Å². The Balaban J connectivity index is 1.16. The first-order valence-corrected chi connectivity index (χ1v) is 12.2. The molecule has 0 radical (unpaired) electrons. The lowest BCUT2D eigenvalue weighted by Gasteiger charge is -2.32. The van der Waals surface area contributed by atoms with Crippen molar-refractivity contribution < 1.29 is 23.8 Å². The fraction of sp³-hybridized carbons (Fsp3) is 0.308. The van der Waals surface area contributed by atoms with Crippen LogP contribution >= 0.6 is 0 Å². The molecule has 4 N–H and O–H groups in total. The zero-order valence-corrected chi connectivity index (χ0v) is 21.1. The van der Waals surface area contributed by atoms with Crippen molar-refractivity contribution in [1.29, 1.82) is 0 Å². The van der Waals surface area contributed by atoms with Crippen LogP contribution in [0.2, 0.25) is 0 Å². The number of anilines is 1. The van der Waals surface area contributed by atoms with E-state index in [2.05, 4.69) is 30.8 Å². The summed E-state index contributed by atoms with van der Waals surface area (Å²) in [6, 6.07) is 12.8. The number of fused-ring (bicyclic) bond motifs is 1. The van der Waals surface area contributed by atoms with Gasteiger partial charge in [-0.15, -0.1) is 0 Å². The number of aromatic amines is 2. The van der Waals surface area contributed by atoms with Crippen LogP contribution in [-0.2, 0) is 11.3 Å². The van der Waals surface area contributed by atoms with Gasteiger partial charge in [0, 0.05) is 31.3 Å². The van der Waals surface area contributed by atoms with Crippen LogP contribution in [0.15, 0.2) is 48.7 Å². The minimum absolute atomic E-state index is 0.0589. The molecule has 198 valence electrons. The highest BCUT2D eigenvalue weighted by Crippen LogP contribution is 2.33. The van der Waals surface area contributed by atoms with Crippen LogP contribution in [0.1, 0.15) is 18.4 Å². The molecule has 1 aliphatic heterocycles. The first kappa shape index (κ1) is 24.9. The monoisotopic (exact) mass is 519 g/mol. The number of rotatable bonds is 7. The molecule has 3 amide bonds. The summed E-state index contributed by atoms with van der Waals surface area (Å²) in [4.78, 5) is 34.7. The van der Waals surface area contributed by atoms with Gasteiger partial charge < -0.3 is 34.7 Å². The molecular weight excluding hydrogens is 490 g/mol. The van der Waals surface area contributed by atoms with Crippen molar-refractivity contribution in [2.24, 2.45) is 0 Å². The molecule has 0 atom stereocenters. The predicted molar refractivity (Wildman–Crippen MR) is 140 cm³/mol. The summed E-state index contributed by atoms with van der Waals surface area (Å²) in [7, 11) is 3.14. The Hall–Kier alpha value is -4.74. The standard InChI is InChI=1S/C26H29N7O5/c1-36-21-12-18-19(13-22(21)37-2)30-24(29-18)23-20(14-27-32-23)31-25(34)33-10-8-17(9-11-33)28-26(35)38-15-16-6-4-3-5-7-16/h3-7,12-14,17H,8-11,15H2,1-2H3,(H,27,32)(H,28,35)(H,29,30)(H,31,34). The lowest BCUT2D eigenvalue weighted by molar-refractivity contribution is 0.129. The molecule has 0 unspecified atom stereocenters. The maximum atomic E-state index is 13.0. The van der Waals surface area contributed by atoms with Crippen LogP contribution in [0, 0.1) is 0 Å². The van der Waals surface area contributed by atoms with Crippen molar-refractivity contribution >= 4 is 28.8 Å². The number of carbonyl (C=O) groups is 2. The van der Waals surface area contributed by atoms with Crippen molar-refractivity contribution in [3.8, 4) is 23.0 Å². The van der Waals surface area contributed by atoms with E-state index in [1.54, 1.807) is 37.4 Å². The predicted octanol–water partition coefficient (Wildman–Crippen LogP) is 3.89. The molecule has 1 aliphatic rings. The smallest absolute Gasteiger partial charge is 0.407 e. The lowest BCUT2D eigenvalue weighted by Crippen LogP contribution is -2.47. The van der Waals surface area contributed by atoms with E-state index >= 15 is 0 Å². The van der Waals surface area contributed by atoms with Gasteiger partial charge in [-0.3, -0.25) is 5.10 Å². The van der Waals surface area contributed by atoms with E-state index in [0.29, 0.717) is 60.2 Å². The highest BCUT2D eigenvalue weighted by molar-refractivity contribution is 5.93. The van der Waals surface area contributed by atoms with Crippen LogP contribution in [-0.4, -0.2) is 70.5 Å². The van der Waals surface area contributed by atoms with E-state index in [0.717, 1.165) is 11.1 Å². The van der Waals surface area contributed by atoms with Gasteiger partial charge in [-0.25, -0.2) is 14.6 Å². The number of hydrogen-bond acceptors (Lipinski definition) is 7. The third-order valence-electron chi connectivity index (χ3n) is 6.42. The zero-order valence-electron chi connectivity index (χ0n) is 21.1. The molecule has 1 saturated heterocycles. The Kier molecular flexibility index (Phi) is 7.29. The van der Waals surface area contributed by atoms with Gasteiger partial charge in [-0.05, 0) is 18.4 Å². The summed E-state index contributed by atoms with van der Waals surface area (Å²) in [6.07, 6.45) is 2.33. The summed E-state index contributed by atoms with van der Waals surface area (Å²) in [6.45, 7) is 1.20. The number of nitrogens with zero attached hydrogens (tertiary/aromatic N) is 3. The fourth-order valence-corrected chi connectivity index (χ4v) is 4.37. The lowest BCUT2D eigenvalue weighted by atomic mass is 10.1. The molecule has 12 nitrogen and oxygen atoms in total. The topological polar surface area (TPSA) is 146 Å². The van der Waals surface area contributed by atoms with Gasteiger partial charge in [-0.2, -0.15) is 5.10 Å². The Morgan fingerprint density at radius 1 is 1.08 bits per heavy atom. The normalized spacial score (nSPS) is 13.8. The average Bonchev–Trinajstić information content (AvgIpc) is 3.58. The summed E-state index contributed by atoms with van der Waals surface area (Å²) in [5, 5.41) is 12.8. The van der Waals surface area contributed by atoms with Crippen LogP contribution in [0.5, 0.6) is 11.5 Å². The molecule has 2 aromatic carbocycles. The van der Waals surface area contributed by atoms with Crippen molar-refractivity contribution in [2.45, 2.75) is 25.5 Å². The molecule has 0 aliphatic carbocycles. The number of piperidine rings is 1. The SMILES string of the molecule is COc1cc2nc(-c3[nH]ncc3NC(=O)N3CCC(NC(=O)OCc4ccccc4)CC3)[nH]c2cc1OC. The Labute approximate surface area is 218 Å². The molecule has 0 spiro atoms. The van der Waals surface area contributed by atoms with E-state index in [4.69, 9.17) is 14.2 Å². The number of methoxy groups -OCH3 is 2. The maximum Gasteiger partial charge on any atom is 0.407 e. The highest BCUT2D eigenvalue weighted by atomic mass is 16.5. The van der Waals surface area contributed by atoms with Gasteiger partial charge in [0.2, 0.25) is 0 Å². The molecule has 38 heavy (non-hydrogen) atoms. The highest BCUT2D eigenvalue weighted by Gasteiger charge is 2.25. The van der Waals surface area contributed by atoms with Crippen molar-refractivity contribution in [2.75, 3.05) is 32.6 Å². The van der Waals surface area contributed by atoms with Gasteiger partial charge in [0.25, 0.3) is 0 Å². The summed E-state index contributed by atoms with van der Waals surface area (Å²) >= 11 is 0. The Morgan fingerprint density at radius 2 is 1.82 bits per heavy atom. The van der Waals surface area contributed by atoms with Gasteiger partial charge >= 0.3 is 12.1 Å². The summed E-state index contributed by atoms with van der Waals surface area (Å²) in [5.41, 5.74) is 3.40. The minimum Gasteiger partial charge on any atom is -0.493 e. The second kappa shape index (κ2) is 11.1. The second-order valence-corrected chi connectivity index (χ2v) is 8.87. The van der Waals surface area contributed by atoms with E-state index in [1.807, 2.05) is 30.3 Å². The number of carbonyl (C=O) groups excluding carboxylic acids is 2. The number of H-pyrrole nitrogens is 2. The van der Waals surface area contributed by atoms with Crippen LogP contribution in [0.3, 0.4) is 0 Å². The van der Waals surface area contributed by atoms with Crippen LogP contribution in [0.25, 0.3) is 22.6 Å². The minimum atomic E-state index is -0.458. The zero-order chi connectivity index (χ0) is 26.5. The average molecular weight is 520 g/mol. The quantitative estimate of drug-likeness (QED) is 0.290. The largest absolute Gasteiger partial charge is 0.493 e. The van der Waals surface area contributed by atoms with E-state index in [1.165, 1.54) is 0 Å². The molecule has 2 aromatic heterocycles. The third-order valence-corrected chi connectivity index (χ3v) is 6.42. The van der Waals surface area contributed by atoms with Gasteiger partial charge in [-0.1, -0.05) is 30.3 Å². The molecule has 0 bridgehead atoms. The number of ether oxygens (including phenoxy) is 3. The first-order chi connectivity index (χ1) is 18.5. The maximum absolute atomic E-state index is 13.0. The number of likely N-dealkylation sites (tertiary alicyclic amines) is 1. The first-order valence-electron chi connectivity index (χ1n) is 12.2. The Morgan fingerprint density at radius 3 is 2.55 bits per heavy atom. The van der Waals surface area contributed by atoms with Crippen LogP contribution < -0.4 is 20.1 Å². The van der Waals surface area contributed by atoms with Crippen molar-refractivity contribution in [3.63, 3.8) is 0 Å². The number of imidazole rings is 1. The molecule has 1 fully saturated rings. The van der Waals surface area contributed by atoms with E-state index in [-0.39, 0.29) is 18.7 Å². The number of aromatic nitrogens is 4. The third kappa shape index (κ3) is 5.48. The number of amides is 3. The van der Waals surface area contributed by atoms with Gasteiger partial charge in [0.15, 0.2) is 17.3 Å². The molecule has 12 heteroatoms.